The number of benzene rings is 3. The van der Waals surface area contributed by atoms with E-state index in [-0.39, 0.29) is 16.6 Å². The number of carbonyl (C=O) groups is 1. The van der Waals surface area contributed by atoms with Crippen molar-refractivity contribution in [2.75, 3.05) is 5.32 Å². The Morgan fingerprint density at radius 2 is 1.72 bits per heavy atom. The number of halogens is 4. The third-order valence-electron chi connectivity index (χ3n) is 5.55. The van der Waals surface area contributed by atoms with E-state index in [9.17, 15) is 18.0 Å². The van der Waals surface area contributed by atoms with E-state index in [2.05, 4.69) is 31.5 Å². The van der Waals surface area contributed by atoms with Crippen LogP contribution in [0.2, 0.25) is 0 Å². The van der Waals surface area contributed by atoms with E-state index in [1.54, 1.807) is 0 Å². The topological polar surface area (TPSA) is 59.0 Å². The molecule has 3 aromatic carbocycles. The van der Waals surface area contributed by atoms with Crippen molar-refractivity contribution >= 4 is 38.7 Å². The lowest BCUT2D eigenvalue weighted by molar-refractivity contribution is 0.246. The van der Waals surface area contributed by atoms with E-state index in [4.69, 9.17) is 0 Å². The maximum atomic E-state index is 14.8. The first-order valence-corrected chi connectivity index (χ1v) is 10.6. The lowest BCUT2D eigenvalue weighted by Crippen LogP contribution is -2.35. The van der Waals surface area contributed by atoms with Crippen LogP contribution in [0.4, 0.5) is 23.7 Å². The molecular formula is C23H16BrF3N4O. The molecule has 1 aliphatic heterocycles. The summed E-state index contributed by atoms with van der Waals surface area (Å²) in [5.74, 6) is -2.05. The molecule has 2 N–H and O–H groups in total. The number of aromatic nitrogens is 2. The predicted octanol–water partition coefficient (Wildman–Crippen LogP) is 5.88. The molecule has 0 saturated carbocycles. The van der Waals surface area contributed by atoms with Crippen LogP contribution in [0.15, 0.2) is 65.1 Å². The molecule has 9 heteroatoms. The lowest BCUT2D eigenvalue weighted by Gasteiger charge is -2.22. The van der Waals surface area contributed by atoms with Crippen LogP contribution in [-0.2, 0) is 6.54 Å². The van der Waals surface area contributed by atoms with E-state index in [1.165, 1.54) is 36.4 Å². The Morgan fingerprint density at radius 1 is 1.03 bits per heavy atom. The lowest BCUT2D eigenvalue weighted by atomic mass is 9.92. The summed E-state index contributed by atoms with van der Waals surface area (Å²) in [7, 11) is 0. The number of carbonyl (C=O) groups excluding carboxylic acids is 1. The minimum absolute atomic E-state index is 0.116. The van der Waals surface area contributed by atoms with Gasteiger partial charge >= 0.3 is 6.03 Å². The van der Waals surface area contributed by atoms with Gasteiger partial charge in [0, 0.05) is 28.2 Å². The van der Waals surface area contributed by atoms with Gasteiger partial charge in [-0.1, -0.05) is 28.1 Å². The van der Waals surface area contributed by atoms with Gasteiger partial charge in [-0.25, -0.2) is 22.9 Å². The Labute approximate surface area is 189 Å². The molecule has 162 valence electrons. The fourth-order valence-electron chi connectivity index (χ4n) is 4.18. The summed E-state index contributed by atoms with van der Waals surface area (Å²) in [5, 5.41) is 5.43. The van der Waals surface area contributed by atoms with E-state index in [0.29, 0.717) is 11.5 Å². The van der Waals surface area contributed by atoms with Crippen LogP contribution < -0.4 is 10.6 Å². The third kappa shape index (κ3) is 3.62. The Bertz CT molecular complexity index is 1320. The first kappa shape index (κ1) is 20.6. The summed E-state index contributed by atoms with van der Waals surface area (Å²) in [4.78, 5) is 17.3. The summed E-state index contributed by atoms with van der Waals surface area (Å²) in [6.07, 6.45) is 0. The Kier molecular flexibility index (Phi) is 5.13. The molecule has 0 saturated heterocycles. The Balaban J connectivity index is 1.53. The zero-order chi connectivity index (χ0) is 22.4. The van der Waals surface area contributed by atoms with Crippen LogP contribution in [-0.4, -0.2) is 15.6 Å². The third-order valence-corrected chi connectivity index (χ3v) is 6.01. The SMILES string of the molecule is O=C(Nc1ccc(F)cc1)N[C@@H]1c2nc3ccccc3n2C[C@H]1c1c(F)cc(Br)cc1F. The number of rotatable bonds is 3. The summed E-state index contributed by atoms with van der Waals surface area (Å²) >= 11 is 3.10. The molecule has 5 nitrogen and oxygen atoms in total. The van der Waals surface area contributed by atoms with Gasteiger partial charge in [-0.05, 0) is 48.5 Å². The number of fused-ring (bicyclic) bond motifs is 3. The van der Waals surface area contributed by atoms with Crippen molar-refractivity contribution in [2.24, 2.45) is 0 Å². The van der Waals surface area contributed by atoms with Crippen LogP contribution in [0.5, 0.6) is 0 Å². The number of amides is 2. The standard InChI is InChI=1S/C23H16BrF3N4O/c24-12-9-16(26)20(17(27)10-12)15-11-31-19-4-2-1-3-18(19)29-22(31)21(15)30-23(32)28-14-7-5-13(25)6-8-14/h1-10,15,21H,11H2,(H2,28,30,32)/t15-,21-/m0/s1. The summed E-state index contributed by atoms with van der Waals surface area (Å²) in [5.41, 5.74) is 1.81. The van der Waals surface area contributed by atoms with Crippen molar-refractivity contribution in [1.29, 1.82) is 0 Å². The van der Waals surface area contributed by atoms with Crippen LogP contribution in [0, 0.1) is 17.5 Å². The Hall–Kier alpha value is -3.33. The number of urea groups is 1. The molecule has 0 aliphatic carbocycles. The highest BCUT2D eigenvalue weighted by Crippen LogP contribution is 2.42. The molecule has 2 amide bonds. The quantitative estimate of drug-likeness (QED) is 0.369. The predicted molar refractivity (Wildman–Crippen MR) is 118 cm³/mol. The molecule has 1 aromatic heterocycles. The van der Waals surface area contributed by atoms with E-state index in [0.717, 1.165) is 11.0 Å². The molecule has 0 radical (unpaired) electrons. The molecule has 4 aromatic rings. The summed E-state index contributed by atoms with van der Waals surface area (Å²) in [6.45, 7) is 0.243. The average molecular weight is 501 g/mol. The van der Waals surface area contributed by atoms with E-state index in [1.807, 2.05) is 28.8 Å². The fraction of sp³-hybridized carbons (Fsp3) is 0.130. The molecule has 2 atom stereocenters. The number of nitrogens with zero attached hydrogens (tertiary/aromatic N) is 2. The van der Waals surface area contributed by atoms with E-state index < -0.39 is 35.4 Å². The molecule has 0 bridgehead atoms. The first-order valence-electron chi connectivity index (χ1n) is 9.83. The highest BCUT2D eigenvalue weighted by atomic mass is 79.9. The van der Waals surface area contributed by atoms with Gasteiger partial charge in [0.1, 0.15) is 23.3 Å². The number of hydrogen-bond acceptors (Lipinski definition) is 2. The van der Waals surface area contributed by atoms with E-state index >= 15 is 0 Å². The van der Waals surface area contributed by atoms with Gasteiger partial charge in [0.25, 0.3) is 0 Å². The zero-order valence-corrected chi connectivity index (χ0v) is 18.0. The molecule has 0 unspecified atom stereocenters. The maximum Gasteiger partial charge on any atom is 0.319 e. The largest absolute Gasteiger partial charge is 0.327 e. The van der Waals surface area contributed by atoms with Crippen LogP contribution in [0.25, 0.3) is 11.0 Å². The molecular weight excluding hydrogens is 485 g/mol. The molecule has 2 heterocycles. The van der Waals surface area contributed by atoms with Gasteiger partial charge in [-0.15, -0.1) is 0 Å². The van der Waals surface area contributed by atoms with Crippen molar-refractivity contribution in [2.45, 2.75) is 18.5 Å². The molecule has 1 aliphatic rings. The minimum atomic E-state index is -0.784. The second-order valence-corrected chi connectivity index (χ2v) is 8.46. The van der Waals surface area contributed by atoms with Gasteiger partial charge in [0.15, 0.2) is 0 Å². The minimum Gasteiger partial charge on any atom is -0.327 e. The molecule has 0 fully saturated rings. The number of para-hydroxylation sites is 2. The van der Waals surface area contributed by atoms with Crippen molar-refractivity contribution in [3.8, 4) is 0 Å². The highest BCUT2D eigenvalue weighted by Gasteiger charge is 2.40. The summed E-state index contributed by atoms with van der Waals surface area (Å²) in [6, 6.07) is 13.7. The molecule has 32 heavy (non-hydrogen) atoms. The first-order chi connectivity index (χ1) is 15.4. The number of nitrogens with one attached hydrogen (secondary N) is 2. The second kappa shape index (κ2) is 7.98. The van der Waals surface area contributed by atoms with Gasteiger partial charge in [-0.2, -0.15) is 0 Å². The number of hydrogen-bond donors (Lipinski definition) is 2. The Morgan fingerprint density at radius 3 is 2.44 bits per heavy atom. The van der Waals surface area contributed by atoms with Gasteiger partial charge in [0.2, 0.25) is 0 Å². The van der Waals surface area contributed by atoms with Crippen molar-refractivity contribution in [3.05, 3.63) is 94.0 Å². The van der Waals surface area contributed by atoms with Crippen LogP contribution in [0.1, 0.15) is 23.3 Å². The monoisotopic (exact) mass is 500 g/mol. The maximum absolute atomic E-state index is 14.8. The smallest absolute Gasteiger partial charge is 0.319 e. The van der Waals surface area contributed by atoms with Gasteiger partial charge in [-0.3, -0.25) is 0 Å². The fourth-order valence-corrected chi connectivity index (χ4v) is 4.58. The van der Waals surface area contributed by atoms with Gasteiger partial charge in [0.05, 0.1) is 17.1 Å². The van der Waals surface area contributed by atoms with Crippen molar-refractivity contribution in [1.82, 2.24) is 14.9 Å². The zero-order valence-electron chi connectivity index (χ0n) is 16.4. The number of anilines is 1. The van der Waals surface area contributed by atoms with Gasteiger partial charge < -0.3 is 15.2 Å². The summed E-state index contributed by atoms with van der Waals surface area (Å²) < 4.78 is 45.0. The average Bonchev–Trinajstić information content (AvgIpc) is 3.26. The normalized spacial score (nSPS) is 17.4. The molecule has 0 spiro atoms. The molecule has 5 rings (SSSR count). The second-order valence-electron chi connectivity index (χ2n) is 7.54. The van der Waals surface area contributed by atoms with Crippen LogP contribution in [0.3, 0.4) is 0 Å². The number of imidazole rings is 1. The van der Waals surface area contributed by atoms with Crippen molar-refractivity contribution in [3.63, 3.8) is 0 Å². The van der Waals surface area contributed by atoms with Crippen molar-refractivity contribution < 1.29 is 18.0 Å². The van der Waals surface area contributed by atoms with Crippen LogP contribution >= 0.6 is 15.9 Å². The highest BCUT2D eigenvalue weighted by molar-refractivity contribution is 9.10.